The van der Waals surface area contributed by atoms with Crippen LogP contribution < -0.4 is 5.56 Å². The Morgan fingerprint density at radius 2 is 2.30 bits per heavy atom. The molecule has 0 spiro atoms. The van der Waals surface area contributed by atoms with E-state index in [1.807, 2.05) is 0 Å². The Morgan fingerprint density at radius 1 is 1.70 bits per heavy atom. The van der Waals surface area contributed by atoms with E-state index >= 15 is 0 Å². The third-order valence-electron chi connectivity index (χ3n) is 1.33. The number of aromatic nitrogens is 1. The van der Waals surface area contributed by atoms with Crippen molar-refractivity contribution in [3.63, 3.8) is 0 Å². The van der Waals surface area contributed by atoms with Gasteiger partial charge < -0.3 is 9.78 Å². The zero-order chi connectivity index (χ0) is 7.72. The van der Waals surface area contributed by atoms with E-state index in [1.165, 1.54) is 0 Å². The van der Waals surface area contributed by atoms with Crippen LogP contribution in [0.5, 0.6) is 0 Å². The molecule has 0 saturated heterocycles. The Hall–Kier alpha value is 0.00195. The minimum atomic E-state index is -0.159. The molecule has 1 aromatic heterocycles. The van der Waals surface area contributed by atoms with E-state index in [9.17, 15) is 4.79 Å². The second-order valence-corrected chi connectivity index (χ2v) is 1.95. The fraction of sp³-hybridized carbons (Fsp3) is 0.286. The van der Waals surface area contributed by atoms with Crippen LogP contribution in [0.2, 0.25) is 0 Å². The SMILES string of the molecule is [3H]c1[c-][nH]c(=O)c(C)c1C.[U]. The van der Waals surface area contributed by atoms with Crippen molar-refractivity contribution in [2.75, 3.05) is 0 Å². The number of nitrogens with one attached hydrogen (secondary N) is 1. The van der Waals surface area contributed by atoms with Crippen molar-refractivity contribution in [1.82, 2.24) is 4.98 Å². The van der Waals surface area contributed by atoms with Crippen LogP contribution >= 0.6 is 0 Å². The van der Waals surface area contributed by atoms with Crippen LogP contribution in [0, 0.1) is 51.2 Å². The van der Waals surface area contributed by atoms with Gasteiger partial charge in [-0.15, -0.1) is 11.8 Å². The number of rotatable bonds is 0. The summed E-state index contributed by atoms with van der Waals surface area (Å²) < 4.78 is 7.23. The number of H-pyrrole nitrogens is 1. The molecular weight excluding hydrogens is 352 g/mol. The topological polar surface area (TPSA) is 32.9 Å². The molecule has 0 radical (unpaired) electrons. The summed E-state index contributed by atoms with van der Waals surface area (Å²) in [6.45, 7) is 3.43. The van der Waals surface area contributed by atoms with E-state index in [2.05, 4.69) is 11.2 Å². The van der Waals surface area contributed by atoms with E-state index < -0.39 is 0 Å². The second kappa shape index (κ2) is 4.00. The van der Waals surface area contributed by atoms with E-state index in [0.717, 1.165) is 0 Å². The van der Waals surface area contributed by atoms with Crippen LogP contribution in [-0.4, -0.2) is 4.98 Å². The summed E-state index contributed by atoms with van der Waals surface area (Å²) in [7, 11) is 0. The Bertz CT molecular complexity index is 308. The summed E-state index contributed by atoms with van der Waals surface area (Å²) in [5.74, 6) is 0. The molecule has 1 rings (SSSR count). The molecule has 52 valence electrons. The van der Waals surface area contributed by atoms with Gasteiger partial charge in [-0.2, -0.15) is 6.04 Å². The van der Waals surface area contributed by atoms with Crippen LogP contribution in [0.3, 0.4) is 0 Å². The molecule has 10 heavy (non-hydrogen) atoms. The van der Waals surface area contributed by atoms with Crippen molar-refractivity contribution in [2.24, 2.45) is 0 Å². The first-order valence-electron chi connectivity index (χ1n) is 3.20. The molecule has 0 unspecified atom stereocenters. The first-order chi connectivity index (χ1) is 4.63. The van der Waals surface area contributed by atoms with Gasteiger partial charge in [-0.05, 0) is 0 Å². The van der Waals surface area contributed by atoms with Gasteiger partial charge in [-0.25, -0.2) is 0 Å². The van der Waals surface area contributed by atoms with E-state index in [1.54, 1.807) is 13.8 Å². The van der Waals surface area contributed by atoms with E-state index in [4.69, 9.17) is 1.37 Å². The van der Waals surface area contributed by atoms with Crippen LogP contribution in [0.15, 0.2) is 10.8 Å². The van der Waals surface area contributed by atoms with Gasteiger partial charge in [0, 0.05) is 32.5 Å². The first kappa shape index (κ1) is 8.10. The fourth-order valence-electron chi connectivity index (χ4n) is 0.540. The number of aromatic amines is 1. The molecule has 0 atom stereocenters. The number of pyridine rings is 1. The molecule has 0 bridgehead atoms. The molecule has 2 nitrogen and oxygen atoms in total. The maximum atomic E-state index is 10.8. The summed E-state index contributed by atoms with van der Waals surface area (Å²) in [6.07, 6.45) is 2.44. The predicted octanol–water partition coefficient (Wildman–Crippen LogP) is 0.792. The van der Waals surface area contributed by atoms with E-state index in [-0.39, 0.29) is 42.7 Å². The van der Waals surface area contributed by atoms with E-state index in [0.29, 0.717) is 11.1 Å². The Balaban J connectivity index is 0.000001000. The van der Waals surface area contributed by atoms with Gasteiger partial charge in [0.1, 0.15) is 5.56 Å². The maximum Gasteiger partial charge on any atom is 0.136 e. The van der Waals surface area contributed by atoms with Crippen molar-refractivity contribution in [2.45, 2.75) is 13.8 Å². The van der Waals surface area contributed by atoms with Gasteiger partial charge in [0.25, 0.3) is 0 Å². The second-order valence-electron chi connectivity index (χ2n) is 1.95. The molecule has 1 N–H and O–H groups in total. The summed E-state index contributed by atoms with van der Waals surface area (Å²) in [5, 5.41) is 0. The third kappa shape index (κ3) is 2.00. The largest absolute Gasteiger partial charge is 0.437 e. The van der Waals surface area contributed by atoms with Gasteiger partial charge in [0.2, 0.25) is 0 Å². The maximum absolute atomic E-state index is 10.8. The molecule has 0 aliphatic rings. The summed E-state index contributed by atoms with van der Waals surface area (Å²) >= 11 is 0. The Kier molecular flexibility index (Phi) is 3.24. The quantitative estimate of drug-likeness (QED) is 0.681. The predicted molar refractivity (Wildman–Crippen MR) is 35.4 cm³/mol. The minimum Gasteiger partial charge on any atom is -0.437 e. The van der Waals surface area contributed by atoms with Crippen molar-refractivity contribution < 1.29 is 32.5 Å². The molecule has 1 aromatic rings. The smallest absolute Gasteiger partial charge is 0.136 e. The van der Waals surface area contributed by atoms with Crippen LogP contribution in [-0.2, 0) is 0 Å². The van der Waals surface area contributed by atoms with Gasteiger partial charge in [0.15, 0.2) is 0 Å². The average Bonchev–Trinajstić information content (AvgIpc) is 1.93. The third-order valence-corrected chi connectivity index (χ3v) is 1.33. The Morgan fingerprint density at radius 3 is 2.80 bits per heavy atom. The summed E-state index contributed by atoms with van der Waals surface area (Å²) in [6, 6.07) is 0.261. The van der Waals surface area contributed by atoms with Crippen molar-refractivity contribution >= 4 is 0 Å². The zero-order valence-electron chi connectivity index (χ0n) is 6.91. The number of hydrogen-bond donors (Lipinski definition) is 1. The summed E-state index contributed by atoms with van der Waals surface area (Å²) in [5.41, 5.74) is 1.14. The van der Waals surface area contributed by atoms with Crippen molar-refractivity contribution in [1.29, 1.82) is 0 Å². The molecule has 0 amide bonds. The molecule has 0 fully saturated rings. The monoisotopic (exact) mass is 362 g/mol. The first-order valence-corrected chi connectivity index (χ1v) is 2.70. The molecule has 0 aromatic carbocycles. The standard InChI is InChI=1S/C7H8NO.U/c1-5-3-4-8-7(9)6(5)2;/h3H,1-2H3,(H,8,9);/q-1;/i3T;. The molecule has 0 aliphatic heterocycles. The normalized spacial score (nSPS) is 10.0. The molecule has 1 heterocycles. The van der Waals surface area contributed by atoms with Crippen LogP contribution in [0.1, 0.15) is 12.5 Å². The van der Waals surface area contributed by atoms with Crippen LogP contribution in [0.25, 0.3) is 0 Å². The van der Waals surface area contributed by atoms with Gasteiger partial charge in [-0.3, -0.25) is 0 Å². The number of hydrogen-bond acceptors (Lipinski definition) is 1. The van der Waals surface area contributed by atoms with Crippen molar-refractivity contribution in [3.05, 3.63) is 33.7 Å². The molecule has 0 aliphatic carbocycles. The van der Waals surface area contributed by atoms with Gasteiger partial charge in [-0.1, -0.05) is 19.4 Å². The van der Waals surface area contributed by atoms with Gasteiger partial charge >= 0.3 is 0 Å². The molecular formula is C7H8NOU-. The zero-order valence-corrected chi connectivity index (χ0v) is 10.1. The average molecular weight is 362 g/mol. The van der Waals surface area contributed by atoms with Crippen LogP contribution in [0.4, 0.5) is 0 Å². The summed E-state index contributed by atoms with van der Waals surface area (Å²) in [4.78, 5) is 13.2. The van der Waals surface area contributed by atoms with Crippen molar-refractivity contribution in [3.8, 4) is 0 Å². The molecule has 3 heteroatoms. The minimum absolute atomic E-state index is 0. The molecule has 0 saturated carbocycles. The van der Waals surface area contributed by atoms with Gasteiger partial charge in [0.05, 0.1) is 0 Å². The Labute approximate surface area is 84.8 Å². The fourth-order valence-corrected chi connectivity index (χ4v) is 0.540.